The second-order valence-electron chi connectivity index (χ2n) is 10.8. The van der Waals surface area contributed by atoms with Crippen molar-refractivity contribution in [1.29, 1.82) is 0 Å². The SMILES string of the molecule is CCNC(=O)CNc1nonc1C(=N[C@@H]1Cc2ccc(F)cc21)NO.CCNC(=O)CNc1nonc1C(=N[C@H]1Cc2ccc(F)cc21)NO. The van der Waals surface area contributed by atoms with E-state index in [1.54, 1.807) is 26.0 Å². The Bertz CT molecular complexity index is 1750. The van der Waals surface area contributed by atoms with Crippen molar-refractivity contribution < 1.29 is 38.0 Å². The number of carbonyl (C=O) groups is 2. The van der Waals surface area contributed by atoms with Crippen LogP contribution in [-0.2, 0) is 22.4 Å². The van der Waals surface area contributed by atoms with Crippen molar-refractivity contribution in [1.82, 2.24) is 42.2 Å². The van der Waals surface area contributed by atoms with Crippen LogP contribution in [0, 0.1) is 11.6 Å². The molecule has 2 aromatic carbocycles. The second-order valence-corrected chi connectivity index (χ2v) is 10.8. The first kappa shape index (κ1) is 35.3. The third-order valence-corrected chi connectivity index (χ3v) is 7.55. The zero-order valence-electron chi connectivity index (χ0n) is 26.8. The monoisotopic (exact) mass is 696 g/mol. The number of likely N-dealkylation sites (N-methyl/N-ethyl adjacent to an activating group) is 2. The lowest BCUT2D eigenvalue weighted by Gasteiger charge is -2.27. The number of carbonyl (C=O) groups excluding carboxylic acids is 2. The Morgan fingerprint density at radius 1 is 0.740 bits per heavy atom. The number of halogens is 2. The Balaban J connectivity index is 0.000000194. The minimum absolute atomic E-state index is 0.0135. The number of amidine groups is 2. The summed E-state index contributed by atoms with van der Waals surface area (Å²) in [5.74, 6) is -0.797. The zero-order valence-corrected chi connectivity index (χ0v) is 26.8. The molecule has 4 aromatic rings. The van der Waals surface area contributed by atoms with Gasteiger partial charge in [0.05, 0.1) is 25.2 Å². The van der Waals surface area contributed by atoms with Crippen molar-refractivity contribution in [3.05, 3.63) is 81.7 Å². The predicted octanol–water partition coefficient (Wildman–Crippen LogP) is 1.56. The first-order valence-corrected chi connectivity index (χ1v) is 15.4. The molecule has 0 saturated heterocycles. The van der Waals surface area contributed by atoms with E-state index < -0.39 is 0 Å². The standard InChI is InChI=1S/2C15H17FN6O3/c2*1-2-17-12(23)7-18-14-13(21-25-22-14)15(20-24)19-11-5-8-3-4-9(16)6-10(8)11/h2*3-4,6,11,24H,2,5,7H2,1H3,(H,17,23)(H,18,22)(H,19,20)/t2*11-/m10/s1. The topological polar surface area (TPSA) is 249 Å². The van der Waals surface area contributed by atoms with Crippen LogP contribution in [0.5, 0.6) is 0 Å². The molecule has 2 aromatic heterocycles. The molecular weight excluding hydrogens is 662 g/mol. The van der Waals surface area contributed by atoms with Crippen molar-refractivity contribution in [2.24, 2.45) is 9.98 Å². The Morgan fingerprint density at radius 2 is 1.16 bits per heavy atom. The molecule has 0 unspecified atom stereocenters. The number of hydrogen-bond acceptors (Lipinski definition) is 14. The number of aliphatic imine (C=N–C) groups is 2. The highest BCUT2D eigenvalue weighted by molar-refractivity contribution is 6.01. The molecule has 6 rings (SSSR count). The molecule has 8 N–H and O–H groups in total. The number of rotatable bonds is 12. The molecule has 18 nitrogen and oxygen atoms in total. The van der Waals surface area contributed by atoms with Crippen LogP contribution < -0.4 is 32.2 Å². The number of nitrogens with zero attached hydrogens (tertiary/aromatic N) is 6. The molecule has 2 amide bonds. The quantitative estimate of drug-likeness (QED) is 0.0595. The number of hydrogen-bond donors (Lipinski definition) is 8. The van der Waals surface area contributed by atoms with Crippen LogP contribution in [0.25, 0.3) is 0 Å². The Kier molecular flexibility index (Phi) is 11.6. The lowest BCUT2D eigenvalue weighted by atomic mass is 9.83. The highest BCUT2D eigenvalue weighted by Gasteiger charge is 2.29. The highest BCUT2D eigenvalue weighted by Crippen LogP contribution is 2.38. The van der Waals surface area contributed by atoms with Crippen molar-refractivity contribution in [2.45, 2.75) is 38.8 Å². The molecular formula is C30H34F2N12O6. The molecule has 264 valence electrons. The normalized spacial score (nSPS) is 16.0. The van der Waals surface area contributed by atoms with E-state index in [2.05, 4.69) is 61.1 Å². The summed E-state index contributed by atoms with van der Waals surface area (Å²) in [7, 11) is 0. The lowest BCUT2D eigenvalue weighted by molar-refractivity contribution is -0.120. The molecule has 0 spiro atoms. The summed E-state index contributed by atoms with van der Waals surface area (Å²) < 4.78 is 36.0. The Morgan fingerprint density at radius 3 is 1.54 bits per heavy atom. The Hall–Kier alpha value is -6.02. The number of aromatic nitrogens is 4. The molecule has 0 bridgehead atoms. The molecule has 0 fully saturated rings. The summed E-state index contributed by atoms with van der Waals surface area (Å²) in [4.78, 5) is 31.7. The number of fused-ring (bicyclic) bond motifs is 2. The summed E-state index contributed by atoms with van der Waals surface area (Å²) in [6.45, 7) is 4.55. The number of benzene rings is 2. The number of nitrogens with one attached hydrogen (secondary N) is 6. The summed E-state index contributed by atoms with van der Waals surface area (Å²) in [5, 5.41) is 44.2. The second kappa shape index (κ2) is 16.4. The third-order valence-electron chi connectivity index (χ3n) is 7.55. The van der Waals surface area contributed by atoms with Crippen LogP contribution in [0.4, 0.5) is 20.4 Å². The lowest BCUT2D eigenvalue weighted by Crippen LogP contribution is -2.30. The predicted molar refractivity (Wildman–Crippen MR) is 172 cm³/mol. The highest BCUT2D eigenvalue weighted by atomic mass is 19.1. The first-order valence-electron chi connectivity index (χ1n) is 15.4. The summed E-state index contributed by atoms with van der Waals surface area (Å²) in [5.41, 5.74) is 7.66. The fraction of sp³-hybridized carbons (Fsp3) is 0.333. The van der Waals surface area contributed by atoms with Crippen molar-refractivity contribution >= 4 is 35.1 Å². The maximum absolute atomic E-state index is 13.4. The molecule has 50 heavy (non-hydrogen) atoms. The van der Waals surface area contributed by atoms with E-state index in [-0.39, 0.29) is 83.3 Å². The molecule has 0 radical (unpaired) electrons. The van der Waals surface area contributed by atoms with Gasteiger partial charge in [0.2, 0.25) is 23.5 Å². The zero-order chi connectivity index (χ0) is 35.6. The average Bonchev–Trinajstić information content (AvgIpc) is 3.76. The van der Waals surface area contributed by atoms with E-state index in [1.165, 1.54) is 24.3 Å². The van der Waals surface area contributed by atoms with Gasteiger partial charge in [-0.05, 0) is 93.8 Å². The summed E-state index contributed by atoms with van der Waals surface area (Å²) >= 11 is 0. The van der Waals surface area contributed by atoms with Gasteiger partial charge in [-0.2, -0.15) is 0 Å². The summed E-state index contributed by atoms with van der Waals surface area (Å²) in [6.07, 6.45) is 1.24. The van der Waals surface area contributed by atoms with E-state index >= 15 is 0 Å². The molecule has 2 aliphatic rings. The molecule has 2 atom stereocenters. The Labute approximate surface area is 282 Å². The van der Waals surface area contributed by atoms with Gasteiger partial charge >= 0.3 is 0 Å². The van der Waals surface area contributed by atoms with E-state index in [1.807, 2.05) is 11.0 Å². The van der Waals surface area contributed by atoms with Gasteiger partial charge in [0, 0.05) is 13.1 Å². The fourth-order valence-electron chi connectivity index (χ4n) is 5.09. The third kappa shape index (κ3) is 8.33. The van der Waals surface area contributed by atoms with Gasteiger partial charge in [-0.25, -0.2) is 18.0 Å². The summed E-state index contributed by atoms with van der Waals surface area (Å²) in [6, 6.07) is 8.42. The maximum atomic E-state index is 13.4. The van der Waals surface area contributed by atoms with Crippen molar-refractivity contribution in [2.75, 3.05) is 36.8 Å². The van der Waals surface area contributed by atoms with Crippen LogP contribution in [0.1, 0.15) is 59.6 Å². The van der Waals surface area contributed by atoms with Crippen molar-refractivity contribution in [3.63, 3.8) is 0 Å². The van der Waals surface area contributed by atoms with Crippen LogP contribution in [0.3, 0.4) is 0 Å². The number of hydroxylamine groups is 2. The fourth-order valence-corrected chi connectivity index (χ4v) is 5.09. The van der Waals surface area contributed by atoms with Crippen LogP contribution in [0.15, 0.2) is 55.6 Å². The van der Waals surface area contributed by atoms with Gasteiger partial charge in [-0.15, -0.1) is 0 Å². The maximum Gasteiger partial charge on any atom is 0.239 e. The van der Waals surface area contributed by atoms with Gasteiger partial charge in [0.15, 0.2) is 23.1 Å². The number of amides is 2. The van der Waals surface area contributed by atoms with Gasteiger partial charge in [-0.1, -0.05) is 12.1 Å². The van der Waals surface area contributed by atoms with Gasteiger partial charge < -0.3 is 21.3 Å². The molecule has 2 aliphatic carbocycles. The average molecular weight is 697 g/mol. The van der Waals surface area contributed by atoms with Gasteiger partial charge in [-0.3, -0.25) is 40.9 Å². The minimum atomic E-state index is -0.343. The molecule has 0 saturated carbocycles. The van der Waals surface area contributed by atoms with E-state index in [0.29, 0.717) is 25.9 Å². The molecule has 20 heteroatoms. The van der Waals surface area contributed by atoms with Crippen molar-refractivity contribution in [3.8, 4) is 0 Å². The van der Waals surface area contributed by atoms with Crippen LogP contribution >= 0.6 is 0 Å². The first-order chi connectivity index (χ1) is 24.2. The largest absolute Gasteiger partial charge is 0.356 e. The minimum Gasteiger partial charge on any atom is -0.356 e. The van der Waals surface area contributed by atoms with Crippen LogP contribution in [-0.4, -0.2) is 80.7 Å². The van der Waals surface area contributed by atoms with E-state index in [0.717, 1.165) is 22.3 Å². The molecule has 0 aliphatic heterocycles. The number of anilines is 2. The van der Waals surface area contributed by atoms with Gasteiger partial charge in [0.1, 0.15) is 11.6 Å². The van der Waals surface area contributed by atoms with E-state index in [4.69, 9.17) is 0 Å². The smallest absolute Gasteiger partial charge is 0.239 e. The molecule has 2 heterocycles. The van der Waals surface area contributed by atoms with Crippen LogP contribution in [0.2, 0.25) is 0 Å². The van der Waals surface area contributed by atoms with Gasteiger partial charge in [0.25, 0.3) is 0 Å². The van der Waals surface area contributed by atoms with E-state index in [9.17, 15) is 28.8 Å².